The van der Waals surface area contributed by atoms with Gasteiger partial charge >= 0.3 is 5.97 Å². The van der Waals surface area contributed by atoms with Crippen LogP contribution < -0.4 is 0 Å². The van der Waals surface area contributed by atoms with Gasteiger partial charge in [-0.05, 0) is 23.6 Å². The van der Waals surface area contributed by atoms with Crippen molar-refractivity contribution in [3.8, 4) is 10.6 Å². The van der Waals surface area contributed by atoms with Crippen LogP contribution in [0.15, 0.2) is 50.9 Å². The Labute approximate surface area is 153 Å². The van der Waals surface area contributed by atoms with Gasteiger partial charge < -0.3 is 18.6 Å². The van der Waals surface area contributed by atoms with Crippen LogP contribution in [0, 0.1) is 5.92 Å². The number of esters is 1. The number of aromatic nitrogens is 1. The van der Waals surface area contributed by atoms with Crippen LogP contribution >= 0.6 is 11.3 Å². The highest BCUT2D eigenvalue weighted by Crippen LogP contribution is 2.26. The van der Waals surface area contributed by atoms with Crippen molar-refractivity contribution >= 4 is 23.2 Å². The lowest BCUT2D eigenvalue weighted by Gasteiger charge is -2.14. The zero-order valence-corrected chi connectivity index (χ0v) is 14.6. The second kappa shape index (κ2) is 7.17. The van der Waals surface area contributed by atoms with Gasteiger partial charge in [-0.3, -0.25) is 9.59 Å². The van der Waals surface area contributed by atoms with E-state index in [-0.39, 0.29) is 18.9 Å². The summed E-state index contributed by atoms with van der Waals surface area (Å²) >= 11 is 1.54. The summed E-state index contributed by atoms with van der Waals surface area (Å²) in [6.07, 6.45) is 1.71. The Kier molecular flexibility index (Phi) is 4.57. The van der Waals surface area contributed by atoms with E-state index < -0.39 is 11.9 Å². The van der Waals surface area contributed by atoms with Crippen LogP contribution in [0.25, 0.3) is 10.6 Å². The van der Waals surface area contributed by atoms with Crippen LogP contribution in [-0.4, -0.2) is 28.5 Å². The summed E-state index contributed by atoms with van der Waals surface area (Å²) in [4.78, 5) is 26.9. The first-order valence-electron chi connectivity index (χ1n) is 8.15. The van der Waals surface area contributed by atoms with Crippen LogP contribution in [0.5, 0.6) is 0 Å². The van der Waals surface area contributed by atoms with Gasteiger partial charge in [0.25, 0.3) is 0 Å². The third-order valence-corrected chi connectivity index (χ3v) is 5.04. The summed E-state index contributed by atoms with van der Waals surface area (Å²) in [6, 6.07) is 9.17. The molecule has 4 rings (SSSR count). The van der Waals surface area contributed by atoms with Gasteiger partial charge in [-0.25, -0.2) is 0 Å². The lowest BCUT2D eigenvalue weighted by Crippen LogP contribution is -2.26. The number of hydrogen-bond donors (Lipinski definition) is 0. The van der Waals surface area contributed by atoms with Crippen molar-refractivity contribution in [2.45, 2.75) is 19.6 Å². The maximum atomic E-state index is 12.3. The van der Waals surface area contributed by atoms with Crippen molar-refractivity contribution in [1.82, 2.24) is 10.1 Å². The van der Waals surface area contributed by atoms with E-state index in [9.17, 15) is 9.59 Å². The van der Waals surface area contributed by atoms with Gasteiger partial charge in [0.1, 0.15) is 18.1 Å². The fourth-order valence-corrected chi connectivity index (χ4v) is 3.52. The van der Waals surface area contributed by atoms with Crippen LogP contribution in [-0.2, 0) is 27.5 Å². The Bertz CT molecular complexity index is 885. The molecule has 3 aromatic rings. The maximum absolute atomic E-state index is 12.3. The third-order valence-electron chi connectivity index (χ3n) is 4.16. The van der Waals surface area contributed by atoms with E-state index in [2.05, 4.69) is 5.16 Å². The molecule has 1 saturated heterocycles. The molecule has 0 unspecified atom stereocenters. The van der Waals surface area contributed by atoms with Crippen molar-refractivity contribution in [3.05, 3.63) is 53.4 Å². The second-order valence-electron chi connectivity index (χ2n) is 6.02. The first-order chi connectivity index (χ1) is 12.7. The summed E-state index contributed by atoms with van der Waals surface area (Å²) in [5, 5.41) is 5.86. The summed E-state index contributed by atoms with van der Waals surface area (Å²) in [6.45, 7) is 0.720. The molecule has 7 nitrogen and oxygen atoms in total. The summed E-state index contributed by atoms with van der Waals surface area (Å²) in [7, 11) is 0. The predicted molar refractivity (Wildman–Crippen MR) is 91.8 cm³/mol. The quantitative estimate of drug-likeness (QED) is 0.618. The fourth-order valence-electron chi connectivity index (χ4n) is 2.85. The molecule has 1 amide bonds. The van der Waals surface area contributed by atoms with Crippen LogP contribution in [0.3, 0.4) is 0 Å². The molecule has 0 spiro atoms. The van der Waals surface area contributed by atoms with Gasteiger partial charge in [-0.15, -0.1) is 11.3 Å². The van der Waals surface area contributed by atoms with Crippen molar-refractivity contribution in [3.63, 3.8) is 0 Å². The predicted octanol–water partition coefficient (Wildman–Crippen LogP) is 3.09. The van der Waals surface area contributed by atoms with Gasteiger partial charge in [0.15, 0.2) is 5.76 Å². The molecule has 134 valence electrons. The van der Waals surface area contributed by atoms with Crippen LogP contribution in [0.2, 0.25) is 0 Å². The van der Waals surface area contributed by atoms with Gasteiger partial charge in [0, 0.05) is 19.0 Å². The first-order valence-corrected chi connectivity index (χ1v) is 9.03. The zero-order valence-electron chi connectivity index (χ0n) is 13.8. The Morgan fingerprint density at radius 2 is 2.31 bits per heavy atom. The Morgan fingerprint density at radius 1 is 1.38 bits per heavy atom. The van der Waals surface area contributed by atoms with E-state index in [1.54, 1.807) is 40.7 Å². The normalized spacial score (nSPS) is 17.0. The van der Waals surface area contributed by atoms with Crippen molar-refractivity contribution in [2.24, 2.45) is 5.92 Å². The minimum atomic E-state index is -0.471. The molecule has 0 saturated carbocycles. The molecule has 26 heavy (non-hydrogen) atoms. The van der Waals surface area contributed by atoms with E-state index in [0.29, 0.717) is 30.3 Å². The summed E-state index contributed by atoms with van der Waals surface area (Å²) in [5.74, 6) is 0.384. The van der Waals surface area contributed by atoms with E-state index >= 15 is 0 Å². The van der Waals surface area contributed by atoms with E-state index in [1.165, 1.54) is 0 Å². The molecule has 0 radical (unpaired) electrons. The van der Waals surface area contributed by atoms with E-state index in [0.717, 1.165) is 4.88 Å². The van der Waals surface area contributed by atoms with Gasteiger partial charge in [0.05, 0.1) is 23.6 Å². The SMILES string of the molecule is O=C(OCc1cc(-c2cccs2)on1)[C@H]1CC(=O)N(Cc2ccco2)C1. The number of hydrogen-bond acceptors (Lipinski definition) is 7. The molecule has 0 aromatic carbocycles. The molecule has 0 N–H and O–H groups in total. The Balaban J connectivity index is 1.30. The zero-order chi connectivity index (χ0) is 17.9. The van der Waals surface area contributed by atoms with Crippen LogP contribution in [0.1, 0.15) is 17.9 Å². The number of furan rings is 1. The number of carbonyl (C=O) groups excluding carboxylic acids is 2. The second-order valence-corrected chi connectivity index (χ2v) is 6.97. The van der Waals surface area contributed by atoms with Gasteiger partial charge in [0.2, 0.25) is 5.91 Å². The van der Waals surface area contributed by atoms with Crippen molar-refractivity contribution in [1.29, 1.82) is 0 Å². The highest BCUT2D eigenvalue weighted by atomic mass is 32.1. The molecule has 3 aromatic heterocycles. The van der Waals surface area contributed by atoms with Crippen molar-refractivity contribution < 1.29 is 23.3 Å². The Morgan fingerprint density at radius 3 is 3.08 bits per heavy atom. The molecule has 1 aliphatic heterocycles. The number of nitrogens with zero attached hydrogens (tertiary/aromatic N) is 2. The monoisotopic (exact) mass is 372 g/mol. The number of carbonyl (C=O) groups is 2. The molecular weight excluding hydrogens is 356 g/mol. The molecular formula is C18H16N2O5S. The fraction of sp³-hybridized carbons (Fsp3) is 0.278. The highest BCUT2D eigenvalue weighted by Gasteiger charge is 2.35. The van der Waals surface area contributed by atoms with E-state index in [1.807, 2.05) is 17.5 Å². The van der Waals surface area contributed by atoms with Crippen LogP contribution in [0.4, 0.5) is 0 Å². The molecule has 4 heterocycles. The number of amides is 1. The largest absolute Gasteiger partial charge is 0.467 e. The summed E-state index contributed by atoms with van der Waals surface area (Å²) in [5.41, 5.74) is 0.540. The van der Waals surface area contributed by atoms with Gasteiger partial charge in [-0.1, -0.05) is 11.2 Å². The third kappa shape index (κ3) is 3.55. The van der Waals surface area contributed by atoms with E-state index in [4.69, 9.17) is 13.7 Å². The smallest absolute Gasteiger partial charge is 0.311 e. The molecule has 1 fully saturated rings. The standard InChI is InChI=1S/C18H16N2O5S/c21-17-7-12(9-20(17)10-14-3-1-5-23-14)18(22)24-11-13-8-15(25-19-13)16-4-2-6-26-16/h1-6,8,12H,7,9-11H2/t12-/m0/s1. The van der Waals surface area contributed by atoms with Crippen molar-refractivity contribution in [2.75, 3.05) is 6.54 Å². The lowest BCUT2D eigenvalue weighted by molar-refractivity contribution is -0.149. The highest BCUT2D eigenvalue weighted by molar-refractivity contribution is 7.13. The Hall–Kier alpha value is -2.87. The minimum Gasteiger partial charge on any atom is -0.467 e. The number of thiophene rings is 1. The first kappa shape index (κ1) is 16.6. The average Bonchev–Trinajstić information content (AvgIpc) is 3.42. The molecule has 0 aliphatic carbocycles. The summed E-state index contributed by atoms with van der Waals surface area (Å²) < 4.78 is 15.8. The molecule has 8 heteroatoms. The lowest BCUT2D eigenvalue weighted by atomic mass is 10.1. The molecule has 0 bridgehead atoms. The maximum Gasteiger partial charge on any atom is 0.311 e. The molecule has 1 atom stereocenters. The average molecular weight is 372 g/mol. The minimum absolute atomic E-state index is 0.0244. The molecule has 1 aliphatic rings. The van der Waals surface area contributed by atoms with Gasteiger partial charge in [-0.2, -0.15) is 0 Å². The number of ether oxygens (including phenoxy) is 1. The number of likely N-dealkylation sites (tertiary alicyclic amines) is 1. The topological polar surface area (TPSA) is 85.8 Å². The number of rotatable bonds is 6.